The van der Waals surface area contributed by atoms with Crippen molar-refractivity contribution in [3.05, 3.63) is 42.2 Å². The summed E-state index contributed by atoms with van der Waals surface area (Å²) in [6.07, 6.45) is 9.11. The molecule has 0 radical (unpaired) electrons. The molecule has 0 aliphatic carbocycles. The molecule has 0 saturated carbocycles. The Morgan fingerprint density at radius 3 is 2.17 bits per heavy atom. The van der Waals surface area contributed by atoms with Crippen molar-refractivity contribution < 1.29 is 13.9 Å². The highest BCUT2D eigenvalue weighted by Gasteiger charge is 2.12. The van der Waals surface area contributed by atoms with Crippen LogP contribution in [0.15, 0.2) is 36.4 Å². The molecule has 2 aromatic carbocycles. The number of halogens is 1. The van der Waals surface area contributed by atoms with Crippen LogP contribution in [-0.2, 0) is 0 Å². The lowest BCUT2D eigenvalue weighted by Gasteiger charge is -2.11. The summed E-state index contributed by atoms with van der Waals surface area (Å²) in [5.41, 5.74) is 0.814. The summed E-state index contributed by atoms with van der Waals surface area (Å²) in [5.74, 6) is 0.658. The van der Waals surface area contributed by atoms with Gasteiger partial charge in [0.05, 0.1) is 18.7 Å². The molecule has 0 atom stereocenters. The molecule has 0 spiro atoms. The summed E-state index contributed by atoms with van der Waals surface area (Å²) < 4.78 is 26.4. The van der Waals surface area contributed by atoms with E-state index >= 15 is 0 Å². The minimum absolute atomic E-state index is 0.294. The van der Waals surface area contributed by atoms with Crippen LogP contribution in [-0.4, -0.2) is 18.2 Å². The second-order valence-corrected chi connectivity index (χ2v) is 7.57. The van der Waals surface area contributed by atoms with Crippen LogP contribution in [0.4, 0.5) is 4.39 Å². The zero-order valence-electron chi connectivity index (χ0n) is 17.7. The van der Waals surface area contributed by atoms with Crippen LogP contribution < -0.4 is 9.47 Å². The summed E-state index contributed by atoms with van der Waals surface area (Å²) in [6.45, 7) is 5.60. The average Bonchev–Trinajstić information content (AvgIpc) is 2.74. The Morgan fingerprint density at radius 2 is 1.34 bits per heavy atom. The van der Waals surface area contributed by atoms with E-state index in [0.717, 1.165) is 48.4 Å². The molecule has 3 aromatic rings. The van der Waals surface area contributed by atoms with E-state index in [4.69, 9.17) is 9.47 Å². The molecule has 0 aliphatic rings. The summed E-state index contributed by atoms with van der Waals surface area (Å²) in [5, 5.41) is 2.34. The maximum absolute atomic E-state index is 15.0. The average molecular weight is 398 g/mol. The molecule has 0 unspecified atom stereocenters. The molecule has 1 aromatic heterocycles. The number of hydrogen-bond acceptors (Lipinski definition) is 3. The summed E-state index contributed by atoms with van der Waals surface area (Å²) >= 11 is 0. The van der Waals surface area contributed by atoms with E-state index in [1.165, 1.54) is 19.3 Å². The van der Waals surface area contributed by atoms with Gasteiger partial charge in [0, 0.05) is 16.8 Å². The first kappa shape index (κ1) is 21.4. The third-order valence-electron chi connectivity index (χ3n) is 5.24. The minimum atomic E-state index is -0.294. The molecule has 0 fully saturated rings. The Kier molecular flexibility index (Phi) is 8.09. The van der Waals surface area contributed by atoms with Crippen molar-refractivity contribution in [3.63, 3.8) is 0 Å². The van der Waals surface area contributed by atoms with Crippen LogP contribution in [0.3, 0.4) is 0 Å². The Bertz CT molecular complexity index is 925. The number of ether oxygens (including phenoxy) is 2. The molecule has 3 rings (SSSR count). The largest absolute Gasteiger partial charge is 0.490 e. The Morgan fingerprint density at radius 1 is 0.690 bits per heavy atom. The normalized spacial score (nSPS) is 11.3. The van der Waals surface area contributed by atoms with Gasteiger partial charge in [-0.3, -0.25) is 0 Å². The van der Waals surface area contributed by atoms with Crippen molar-refractivity contribution in [2.45, 2.75) is 65.2 Å². The monoisotopic (exact) mass is 397 g/mol. The standard InChI is InChI=1S/C25H32FNO2/c1-3-5-7-8-10-17-28-23-15-12-19-20-13-16-24(29-18-9-6-4-2)27-22(20)14-11-21(19)25(23)26/h11-16H,3-10,17-18H2,1-2H3. The van der Waals surface area contributed by atoms with Gasteiger partial charge in [-0.25, -0.2) is 9.37 Å². The fourth-order valence-corrected chi connectivity index (χ4v) is 3.55. The SMILES string of the molecule is CCCCCCCOc1ccc2c(ccc3nc(OCCCCC)ccc32)c1F. The molecule has 0 aliphatic heterocycles. The number of rotatable bonds is 12. The molecule has 29 heavy (non-hydrogen) atoms. The lowest BCUT2D eigenvalue weighted by atomic mass is 10.0. The van der Waals surface area contributed by atoms with Crippen LogP contribution in [0.5, 0.6) is 11.6 Å². The molecule has 0 amide bonds. The number of unbranched alkanes of at least 4 members (excludes halogenated alkanes) is 6. The van der Waals surface area contributed by atoms with Gasteiger partial charge >= 0.3 is 0 Å². The highest BCUT2D eigenvalue weighted by atomic mass is 19.1. The van der Waals surface area contributed by atoms with E-state index in [9.17, 15) is 4.39 Å². The van der Waals surface area contributed by atoms with Gasteiger partial charge in [-0.1, -0.05) is 52.4 Å². The molecule has 0 bridgehead atoms. The fourth-order valence-electron chi connectivity index (χ4n) is 3.55. The van der Waals surface area contributed by atoms with Crippen molar-refractivity contribution in [2.75, 3.05) is 13.2 Å². The van der Waals surface area contributed by atoms with Crippen LogP contribution in [0.2, 0.25) is 0 Å². The first-order chi connectivity index (χ1) is 14.2. The smallest absolute Gasteiger partial charge is 0.213 e. The van der Waals surface area contributed by atoms with Crippen LogP contribution in [0.25, 0.3) is 21.7 Å². The lowest BCUT2D eigenvalue weighted by molar-refractivity contribution is 0.291. The Hall–Kier alpha value is -2.36. The minimum Gasteiger partial charge on any atom is -0.490 e. The van der Waals surface area contributed by atoms with Crippen molar-refractivity contribution in [1.29, 1.82) is 0 Å². The number of pyridine rings is 1. The Balaban J connectivity index is 1.72. The quantitative estimate of drug-likeness (QED) is 0.235. The molecular weight excluding hydrogens is 365 g/mol. The predicted octanol–water partition coefficient (Wildman–Crippen LogP) is 7.45. The van der Waals surface area contributed by atoms with Gasteiger partial charge in [-0.2, -0.15) is 0 Å². The topological polar surface area (TPSA) is 31.4 Å². The van der Waals surface area contributed by atoms with E-state index in [2.05, 4.69) is 18.8 Å². The number of aromatic nitrogens is 1. The summed E-state index contributed by atoms with van der Waals surface area (Å²) in [7, 11) is 0. The maximum Gasteiger partial charge on any atom is 0.213 e. The second-order valence-electron chi connectivity index (χ2n) is 7.57. The number of nitrogens with zero attached hydrogens (tertiary/aromatic N) is 1. The van der Waals surface area contributed by atoms with E-state index in [1.807, 2.05) is 24.3 Å². The van der Waals surface area contributed by atoms with E-state index in [1.54, 1.807) is 12.1 Å². The molecule has 0 saturated heterocycles. The van der Waals surface area contributed by atoms with Crippen molar-refractivity contribution in [3.8, 4) is 11.6 Å². The highest BCUT2D eigenvalue weighted by Crippen LogP contribution is 2.32. The highest BCUT2D eigenvalue weighted by molar-refractivity contribution is 6.06. The van der Waals surface area contributed by atoms with Gasteiger partial charge in [0.15, 0.2) is 11.6 Å². The van der Waals surface area contributed by atoms with Crippen molar-refractivity contribution in [2.24, 2.45) is 0 Å². The van der Waals surface area contributed by atoms with Gasteiger partial charge in [-0.15, -0.1) is 0 Å². The third kappa shape index (κ3) is 5.59. The molecule has 4 heteroatoms. The summed E-state index contributed by atoms with van der Waals surface area (Å²) in [4.78, 5) is 4.58. The molecule has 0 N–H and O–H groups in total. The lowest BCUT2D eigenvalue weighted by Crippen LogP contribution is -2.00. The van der Waals surface area contributed by atoms with Crippen LogP contribution in [0.1, 0.15) is 65.2 Å². The van der Waals surface area contributed by atoms with Crippen molar-refractivity contribution >= 4 is 21.7 Å². The fraction of sp³-hybridized carbons (Fsp3) is 0.480. The predicted molar refractivity (Wildman–Crippen MR) is 118 cm³/mol. The van der Waals surface area contributed by atoms with E-state index in [-0.39, 0.29) is 5.82 Å². The summed E-state index contributed by atoms with van der Waals surface area (Å²) in [6, 6.07) is 11.1. The first-order valence-corrected chi connectivity index (χ1v) is 11.0. The van der Waals surface area contributed by atoms with Gasteiger partial charge < -0.3 is 9.47 Å². The first-order valence-electron chi connectivity index (χ1n) is 11.0. The van der Waals surface area contributed by atoms with Crippen LogP contribution >= 0.6 is 0 Å². The Labute approximate surface area is 173 Å². The number of fused-ring (bicyclic) bond motifs is 3. The molecule has 3 nitrogen and oxygen atoms in total. The van der Waals surface area contributed by atoms with Gasteiger partial charge in [0.25, 0.3) is 0 Å². The zero-order chi connectivity index (χ0) is 20.5. The maximum atomic E-state index is 15.0. The molecule has 1 heterocycles. The number of benzene rings is 2. The van der Waals surface area contributed by atoms with Crippen LogP contribution in [0, 0.1) is 5.82 Å². The van der Waals surface area contributed by atoms with Gasteiger partial charge in [0.2, 0.25) is 5.88 Å². The molecule has 156 valence electrons. The molecular formula is C25H32FNO2. The number of hydrogen-bond donors (Lipinski definition) is 0. The van der Waals surface area contributed by atoms with Gasteiger partial charge in [0.1, 0.15) is 0 Å². The van der Waals surface area contributed by atoms with Gasteiger partial charge in [-0.05, 0) is 48.6 Å². The third-order valence-corrected chi connectivity index (χ3v) is 5.24. The van der Waals surface area contributed by atoms with E-state index < -0.39 is 0 Å². The van der Waals surface area contributed by atoms with Crippen molar-refractivity contribution in [1.82, 2.24) is 4.98 Å². The second kappa shape index (κ2) is 11.0. The zero-order valence-corrected chi connectivity index (χ0v) is 17.7. The van der Waals surface area contributed by atoms with E-state index in [0.29, 0.717) is 30.2 Å².